The zero-order valence-electron chi connectivity index (χ0n) is 26.0. The van der Waals surface area contributed by atoms with Gasteiger partial charge >= 0.3 is 12.1 Å². The molecule has 11 nitrogen and oxygen atoms in total. The van der Waals surface area contributed by atoms with Crippen molar-refractivity contribution in [2.24, 2.45) is 17.8 Å². The molecular formula is C30H47NO10. The normalized spacial score (nSPS) is 43.1. The highest BCUT2D eigenvalue weighted by atomic mass is 16.7. The average molecular weight is 582 g/mol. The van der Waals surface area contributed by atoms with E-state index in [1.165, 1.54) is 31.9 Å². The Kier molecular flexibility index (Phi) is 10.1. The zero-order chi connectivity index (χ0) is 31.0. The van der Waals surface area contributed by atoms with E-state index in [9.17, 15) is 24.3 Å². The number of aliphatic hydroxyl groups is 1. The lowest BCUT2D eigenvalue weighted by Crippen LogP contribution is -2.57. The van der Waals surface area contributed by atoms with Crippen molar-refractivity contribution in [3.63, 3.8) is 0 Å². The third-order valence-corrected chi connectivity index (χ3v) is 8.98. The van der Waals surface area contributed by atoms with Gasteiger partial charge in [-0.3, -0.25) is 14.4 Å². The van der Waals surface area contributed by atoms with Crippen LogP contribution in [-0.2, 0) is 38.1 Å². The van der Waals surface area contributed by atoms with Crippen LogP contribution in [0, 0.1) is 17.8 Å². The van der Waals surface area contributed by atoms with Crippen LogP contribution in [-0.4, -0.2) is 95.7 Å². The summed E-state index contributed by atoms with van der Waals surface area (Å²) in [5.41, 5.74) is -2.52. The molecule has 2 fully saturated rings. The highest BCUT2D eigenvalue weighted by molar-refractivity contribution is 6.00. The standard InChI is InChI=1S/C30H47NO10/c1-11-21-29(7,36)13-15(2)22(32)16(3)14-30(8,37-10)25(18(5)23(33)19(6)26(34)39-21)41-27-24-20(12-17(4)38-27)31(9)28(35)40-24/h13,16-21,24-25,27,36H,11-12,14H2,1-10H3/t16-,17-,18+,19-,20+,21-,24?,25-,27?,29+,30-/m1/s1. The van der Waals surface area contributed by atoms with Crippen LogP contribution in [0.2, 0.25) is 0 Å². The maximum Gasteiger partial charge on any atom is 0.410 e. The molecule has 2 saturated heterocycles. The van der Waals surface area contributed by atoms with Crippen LogP contribution in [0.4, 0.5) is 4.79 Å². The van der Waals surface area contributed by atoms with E-state index in [0.717, 1.165) is 0 Å². The second-order valence-corrected chi connectivity index (χ2v) is 12.4. The number of ketones is 2. The highest BCUT2D eigenvalue weighted by Crippen LogP contribution is 2.39. The van der Waals surface area contributed by atoms with Crippen LogP contribution in [0.5, 0.6) is 0 Å². The summed E-state index contributed by atoms with van der Waals surface area (Å²) in [4.78, 5) is 54.4. The monoisotopic (exact) mass is 581 g/mol. The summed E-state index contributed by atoms with van der Waals surface area (Å²) >= 11 is 0. The lowest BCUT2D eigenvalue weighted by molar-refractivity contribution is -0.284. The Balaban J connectivity index is 2.08. The van der Waals surface area contributed by atoms with Gasteiger partial charge < -0.3 is 33.7 Å². The molecule has 0 aromatic rings. The largest absolute Gasteiger partial charge is 0.458 e. The third kappa shape index (κ3) is 6.68. The number of fused-ring (bicyclic) bond motifs is 1. The van der Waals surface area contributed by atoms with Gasteiger partial charge in [0, 0.05) is 26.0 Å². The number of hydrogen-bond donors (Lipinski definition) is 1. The molecule has 0 aliphatic carbocycles. The third-order valence-electron chi connectivity index (χ3n) is 8.98. The van der Waals surface area contributed by atoms with Gasteiger partial charge in [-0.1, -0.05) is 20.8 Å². The molecular weight excluding hydrogens is 534 g/mol. The molecule has 41 heavy (non-hydrogen) atoms. The first-order chi connectivity index (χ1) is 19.0. The number of carbonyl (C=O) groups excluding carboxylic acids is 4. The van der Waals surface area contributed by atoms with Crippen molar-refractivity contribution >= 4 is 23.6 Å². The average Bonchev–Trinajstić information content (AvgIpc) is 3.20. The topological polar surface area (TPSA) is 138 Å². The number of hydrogen-bond acceptors (Lipinski definition) is 10. The Hall–Kier alpha value is -2.34. The van der Waals surface area contributed by atoms with E-state index in [4.69, 9.17) is 23.7 Å². The fourth-order valence-electron chi connectivity index (χ4n) is 6.43. The molecule has 0 aromatic heterocycles. The summed E-state index contributed by atoms with van der Waals surface area (Å²) in [5, 5.41) is 11.2. The van der Waals surface area contributed by atoms with Gasteiger partial charge in [-0.15, -0.1) is 0 Å². The van der Waals surface area contributed by atoms with E-state index in [1.807, 2.05) is 6.92 Å². The first-order valence-corrected chi connectivity index (χ1v) is 14.5. The lowest BCUT2D eigenvalue weighted by Gasteiger charge is -2.45. The smallest absolute Gasteiger partial charge is 0.410 e. The Morgan fingerprint density at radius 3 is 2.32 bits per heavy atom. The number of methoxy groups -OCH3 is 1. The van der Waals surface area contributed by atoms with Gasteiger partial charge in [0.25, 0.3) is 0 Å². The van der Waals surface area contributed by atoms with E-state index >= 15 is 0 Å². The molecule has 2 unspecified atom stereocenters. The maximum atomic E-state index is 13.8. The Morgan fingerprint density at radius 2 is 1.73 bits per heavy atom. The molecule has 11 heteroatoms. The van der Waals surface area contributed by atoms with Gasteiger partial charge in [-0.25, -0.2) is 4.79 Å². The number of likely N-dealkylation sites (N-methyl/N-ethyl adjacent to an activating group) is 1. The predicted octanol–water partition coefficient (Wildman–Crippen LogP) is 3.20. The summed E-state index contributed by atoms with van der Waals surface area (Å²) in [6, 6.07) is -0.282. The van der Waals surface area contributed by atoms with E-state index in [1.54, 1.807) is 41.7 Å². The first kappa shape index (κ1) is 33.2. The molecule has 1 N–H and O–H groups in total. The Labute approximate surface area is 242 Å². The number of ether oxygens (including phenoxy) is 5. The Bertz CT molecular complexity index is 1060. The SMILES string of the molecule is CC[C@H]1OC(=O)[C@H](C)C(=O)[C@H](C)[C@@H](OC2O[C@H](C)C[C@H]3C2OC(=O)N3C)[C@](C)(OC)C[C@@H](C)C(=O)C(C)=C[C@]1(C)O. The van der Waals surface area contributed by atoms with Gasteiger partial charge in [0.15, 0.2) is 24.0 Å². The van der Waals surface area contributed by atoms with Crippen molar-refractivity contribution in [3.8, 4) is 0 Å². The number of Topliss-reactive ketones (excluding diaryl/α,β-unsaturated/α-hetero) is 2. The quantitative estimate of drug-likeness (QED) is 0.389. The van der Waals surface area contributed by atoms with Crippen molar-refractivity contribution in [1.29, 1.82) is 0 Å². The van der Waals surface area contributed by atoms with Gasteiger partial charge in [-0.2, -0.15) is 0 Å². The van der Waals surface area contributed by atoms with E-state index in [-0.39, 0.29) is 30.8 Å². The van der Waals surface area contributed by atoms with Crippen molar-refractivity contribution in [3.05, 3.63) is 11.6 Å². The van der Waals surface area contributed by atoms with Crippen molar-refractivity contribution < 1.29 is 48.0 Å². The molecule has 0 radical (unpaired) electrons. The predicted molar refractivity (Wildman–Crippen MR) is 148 cm³/mol. The van der Waals surface area contributed by atoms with Crippen LogP contribution < -0.4 is 0 Å². The number of esters is 1. The molecule has 3 rings (SSSR count). The van der Waals surface area contributed by atoms with E-state index in [2.05, 4.69) is 0 Å². The lowest BCUT2D eigenvalue weighted by atomic mass is 9.77. The molecule has 3 aliphatic rings. The molecule has 3 heterocycles. The van der Waals surface area contributed by atoms with Gasteiger partial charge in [0.05, 0.1) is 23.9 Å². The van der Waals surface area contributed by atoms with Crippen molar-refractivity contribution in [2.45, 2.75) is 123 Å². The number of amides is 1. The molecule has 3 aliphatic heterocycles. The molecule has 1 amide bonds. The number of rotatable bonds is 4. The van der Waals surface area contributed by atoms with Crippen molar-refractivity contribution in [2.75, 3.05) is 14.2 Å². The van der Waals surface area contributed by atoms with Crippen LogP contribution >= 0.6 is 0 Å². The van der Waals surface area contributed by atoms with Gasteiger partial charge in [0.2, 0.25) is 0 Å². The molecule has 11 atom stereocenters. The highest BCUT2D eigenvalue weighted by Gasteiger charge is 2.53. The first-order valence-electron chi connectivity index (χ1n) is 14.5. The molecule has 0 aromatic carbocycles. The molecule has 0 bridgehead atoms. The summed E-state index contributed by atoms with van der Waals surface area (Å²) in [5.74, 6) is -4.16. The minimum atomic E-state index is -1.63. The van der Waals surface area contributed by atoms with Gasteiger partial charge in [-0.05, 0) is 65.5 Å². The second-order valence-electron chi connectivity index (χ2n) is 12.4. The summed E-state index contributed by atoms with van der Waals surface area (Å²) in [7, 11) is 3.13. The molecule has 0 spiro atoms. The summed E-state index contributed by atoms with van der Waals surface area (Å²) in [6.07, 6.45) is -2.09. The summed E-state index contributed by atoms with van der Waals surface area (Å²) < 4.78 is 29.9. The molecule has 0 saturated carbocycles. The maximum absolute atomic E-state index is 13.8. The number of allylic oxidation sites excluding steroid dienone is 1. The Morgan fingerprint density at radius 1 is 1.10 bits per heavy atom. The minimum Gasteiger partial charge on any atom is -0.458 e. The summed E-state index contributed by atoms with van der Waals surface area (Å²) in [6.45, 7) is 13.3. The number of nitrogens with zero attached hydrogens (tertiary/aromatic N) is 1. The fraction of sp³-hybridized carbons (Fsp3) is 0.800. The fourth-order valence-corrected chi connectivity index (χ4v) is 6.43. The van der Waals surface area contributed by atoms with Crippen LogP contribution in [0.15, 0.2) is 11.6 Å². The number of cyclic esters (lactones) is 1. The van der Waals surface area contributed by atoms with Crippen molar-refractivity contribution in [1.82, 2.24) is 4.90 Å². The van der Waals surface area contributed by atoms with E-state index in [0.29, 0.717) is 12.0 Å². The van der Waals surface area contributed by atoms with Crippen LogP contribution in [0.25, 0.3) is 0 Å². The molecule has 232 valence electrons. The van der Waals surface area contributed by atoms with Gasteiger partial charge in [0.1, 0.15) is 17.6 Å². The van der Waals surface area contributed by atoms with Crippen LogP contribution in [0.1, 0.15) is 74.7 Å². The number of carbonyl (C=O) groups is 4. The van der Waals surface area contributed by atoms with Crippen LogP contribution in [0.3, 0.4) is 0 Å². The van der Waals surface area contributed by atoms with E-state index < -0.39 is 71.4 Å². The second kappa shape index (κ2) is 12.5. The minimum absolute atomic E-state index is 0.157. The zero-order valence-corrected chi connectivity index (χ0v) is 26.0.